The highest BCUT2D eigenvalue weighted by Crippen LogP contribution is 2.49. The average molecular weight is 702 g/mol. The van der Waals surface area contributed by atoms with Gasteiger partial charge >= 0.3 is 0 Å². The lowest BCUT2D eigenvalue weighted by atomic mass is 9.81. The molecule has 2 heterocycles. The zero-order valence-corrected chi connectivity index (χ0v) is 30.6. The second kappa shape index (κ2) is 12.0. The lowest BCUT2D eigenvalue weighted by Crippen LogP contribution is -2.14. The molecule has 0 fully saturated rings. The Morgan fingerprint density at radius 3 is 1.87 bits per heavy atom. The van der Waals surface area contributed by atoms with E-state index in [1.165, 1.54) is 65.7 Å². The van der Waals surface area contributed by atoms with Crippen LogP contribution >= 0.6 is 0 Å². The van der Waals surface area contributed by atoms with E-state index in [2.05, 4.69) is 177 Å². The van der Waals surface area contributed by atoms with E-state index in [1.807, 2.05) is 18.5 Å². The van der Waals surface area contributed by atoms with Crippen LogP contribution in [0.1, 0.15) is 25.0 Å². The fraction of sp³-hybridized carbons (Fsp3) is 0.0577. The minimum Gasteiger partial charge on any atom is -0.264 e. The summed E-state index contributed by atoms with van der Waals surface area (Å²) in [7, 11) is 0. The topological polar surface area (TPSA) is 38.7 Å². The molecule has 0 radical (unpaired) electrons. The molecule has 11 rings (SSSR count). The Balaban J connectivity index is 1.05. The van der Waals surface area contributed by atoms with Crippen molar-refractivity contribution < 1.29 is 0 Å². The first-order valence-electron chi connectivity index (χ1n) is 18.9. The molecule has 0 bridgehead atoms. The molecule has 0 spiro atoms. The Morgan fingerprint density at radius 2 is 1.04 bits per heavy atom. The molecule has 55 heavy (non-hydrogen) atoms. The van der Waals surface area contributed by atoms with Crippen LogP contribution in [0, 0.1) is 0 Å². The van der Waals surface area contributed by atoms with Crippen molar-refractivity contribution in [3.05, 3.63) is 187 Å². The lowest BCUT2D eigenvalue weighted by molar-refractivity contribution is 0.660. The minimum absolute atomic E-state index is 0.0496. The highest BCUT2D eigenvalue weighted by atomic mass is 14.9. The molecule has 3 nitrogen and oxygen atoms in total. The maximum absolute atomic E-state index is 5.33. The molecule has 0 atom stereocenters. The van der Waals surface area contributed by atoms with Crippen LogP contribution in [-0.2, 0) is 5.41 Å². The summed E-state index contributed by atoms with van der Waals surface area (Å²) in [6.07, 6.45) is 3.71. The highest BCUT2D eigenvalue weighted by molar-refractivity contribution is 6.25. The number of fused-ring (bicyclic) bond motifs is 3. The van der Waals surface area contributed by atoms with Gasteiger partial charge in [-0.05, 0) is 95.5 Å². The van der Waals surface area contributed by atoms with Crippen LogP contribution in [0.15, 0.2) is 176 Å². The Bertz CT molecular complexity index is 3090. The van der Waals surface area contributed by atoms with Gasteiger partial charge in [0.05, 0.1) is 11.4 Å². The van der Waals surface area contributed by atoms with E-state index >= 15 is 0 Å². The monoisotopic (exact) mass is 701 g/mol. The van der Waals surface area contributed by atoms with E-state index in [0.717, 1.165) is 39.2 Å². The SMILES string of the molecule is CC1(C)c2ccccc2-c2ccc(-c3ccc(-c4nc(-c5cccc(-c6cccnc6)c5)cc(-c5ccc6ccc7cccc8ccc5c6c78)n4)cc3)cc21. The molecule has 3 heteroatoms. The van der Waals surface area contributed by atoms with Crippen LogP contribution < -0.4 is 0 Å². The zero-order valence-electron chi connectivity index (χ0n) is 30.6. The molecule has 0 saturated carbocycles. The van der Waals surface area contributed by atoms with Crippen molar-refractivity contribution >= 4 is 32.3 Å². The van der Waals surface area contributed by atoms with E-state index in [1.54, 1.807) is 0 Å². The third kappa shape index (κ3) is 5.01. The Hall–Kier alpha value is -6.97. The van der Waals surface area contributed by atoms with Crippen molar-refractivity contribution in [1.82, 2.24) is 15.0 Å². The van der Waals surface area contributed by atoms with Gasteiger partial charge in [-0.2, -0.15) is 0 Å². The van der Waals surface area contributed by atoms with Crippen LogP contribution in [0.4, 0.5) is 0 Å². The first kappa shape index (κ1) is 31.5. The van der Waals surface area contributed by atoms with Gasteiger partial charge in [-0.25, -0.2) is 9.97 Å². The molecule has 258 valence electrons. The molecule has 8 aromatic carbocycles. The molecular weight excluding hydrogens is 667 g/mol. The lowest BCUT2D eigenvalue weighted by Gasteiger charge is -2.22. The molecular formula is C52H35N3. The number of hydrogen-bond donors (Lipinski definition) is 0. The summed E-state index contributed by atoms with van der Waals surface area (Å²) >= 11 is 0. The number of hydrogen-bond acceptors (Lipinski definition) is 3. The quantitative estimate of drug-likeness (QED) is 0.168. The van der Waals surface area contributed by atoms with Gasteiger partial charge in [-0.3, -0.25) is 4.98 Å². The summed E-state index contributed by atoms with van der Waals surface area (Å²) < 4.78 is 0. The number of pyridine rings is 1. The van der Waals surface area contributed by atoms with Crippen LogP contribution in [0.25, 0.3) is 99.6 Å². The number of nitrogens with zero attached hydrogens (tertiary/aromatic N) is 3. The van der Waals surface area contributed by atoms with Crippen molar-refractivity contribution in [1.29, 1.82) is 0 Å². The van der Waals surface area contributed by atoms with Crippen LogP contribution in [0.3, 0.4) is 0 Å². The summed E-state index contributed by atoms with van der Waals surface area (Å²) in [5, 5.41) is 7.50. The molecule has 1 aliphatic carbocycles. The number of rotatable bonds is 5. The highest BCUT2D eigenvalue weighted by Gasteiger charge is 2.35. The van der Waals surface area contributed by atoms with Crippen molar-refractivity contribution in [3.8, 4) is 67.3 Å². The van der Waals surface area contributed by atoms with Gasteiger partial charge in [0, 0.05) is 40.1 Å². The summed E-state index contributed by atoms with van der Waals surface area (Å²) in [6.45, 7) is 4.67. The predicted octanol–water partition coefficient (Wildman–Crippen LogP) is 13.4. The van der Waals surface area contributed by atoms with Gasteiger partial charge < -0.3 is 0 Å². The van der Waals surface area contributed by atoms with Gasteiger partial charge in [0.15, 0.2) is 5.82 Å². The Morgan fingerprint density at radius 1 is 0.400 bits per heavy atom. The molecule has 0 saturated heterocycles. The molecule has 10 aromatic rings. The molecule has 0 N–H and O–H groups in total. The van der Waals surface area contributed by atoms with Crippen molar-refractivity contribution in [2.45, 2.75) is 19.3 Å². The molecule has 2 aromatic heterocycles. The van der Waals surface area contributed by atoms with Gasteiger partial charge in [0.25, 0.3) is 0 Å². The van der Waals surface area contributed by atoms with Crippen molar-refractivity contribution in [2.75, 3.05) is 0 Å². The maximum Gasteiger partial charge on any atom is 0.160 e. The third-order valence-corrected chi connectivity index (χ3v) is 11.7. The van der Waals surface area contributed by atoms with Crippen molar-refractivity contribution in [2.24, 2.45) is 0 Å². The van der Waals surface area contributed by atoms with E-state index in [9.17, 15) is 0 Å². The van der Waals surface area contributed by atoms with Gasteiger partial charge in [0.1, 0.15) is 0 Å². The fourth-order valence-corrected chi connectivity index (χ4v) is 8.91. The largest absolute Gasteiger partial charge is 0.264 e. The standard InChI is InChI=1S/C52H35N3/c1-52(2)45-14-4-3-13-41(45)42-24-23-38(29-46(42)52)32-15-19-36(20-16-32)51-54-47(39-11-6-10-37(28-39)40-12-7-27-53-31-40)30-48(55-51)43-25-21-35-18-17-33-8-5-9-34-22-26-44(43)50(35)49(33)34/h3-31H,1-2H3. The molecule has 0 aliphatic heterocycles. The molecule has 0 unspecified atom stereocenters. The first-order valence-corrected chi connectivity index (χ1v) is 18.9. The Kier molecular flexibility index (Phi) is 6.90. The second-order valence-corrected chi connectivity index (χ2v) is 15.3. The summed E-state index contributed by atoms with van der Waals surface area (Å²) in [4.78, 5) is 15.0. The summed E-state index contributed by atoms with van der Waals surface area (Å²) in [5.41, 5.74) is 14.8. The van der Waals surface area contributed by atoms with Crippen LogP contribution in [-0.4, -0.2) is 15.0 Å². The minimum atomic E-state index is -0.0496. The predicted molar refractivity (Wildman–Crippen MR) is 228 cm³/mol. The van der Waals surface area contributed by atoms with Crippen molar-refractivity contribution in [3.63, 3.8) is 0 Å². The van der Waals surface area contributed by atoms with Crippen LogP contribution in [0.5, 0.6) is 0 Å². The van der Waals surface area contributed by atoms with E-state index in [0.29, 0.717) is 5.82 Å². The first-order chi connectivity index (χ1) is 27.0. The normalized spacial score (nSPS) is 13.1. The number of aromatic nitrogens is 3. The van der Waals surface area contributed by atoms with Gasteiger partial charge in [0.2, 0.25) is 0 Å². The van der Waals surface area contributed by atoms with Crippen LogP contribution in [0.2, 0.25) is 0 Å². The molecule has 1 aliphatic rings. The average Bonchev–Trinajstić information content (AvgIpc) is 3.48. The third-order valence-electron chi connectivity index (χ3n) is 11.7. The smallest absolute Gasteiger partial charge is 0.160 e. The van der Waals surface area contributed by atoms with Gasteiger partial charge in [-0.15, -0.1) is 0 Å². The van der Waals surface area contributed by atoms with E-state index < -0.39 is 0 Å². The maximum atomic E-state index is 5.33. The fourth-order valence-electron chi connectivity index (χ4n) is 8.91. The second-order valence-electron chi connectivity index (χ2n) is 15.3. The number of benzene rings is 8. The molecule has 0 amide bonds. The summed E-state index contributed by atoms with van der Waals surface area (Å²) in [5.74, 6) is 0.696. The van der Waals surface area contributed by atoms with E-state index in [4.69, 9.17) is 9.97 Å². The zero-order chi connectivity index (χ0) is 36.7. The van der Waals surface area contributed by atoms with Gasteiger partial charge in [-0.1, -0.05) is 153 Å². The Labute approximate surface area is 320 Å². The van der Waals surface area contributed by atoms with E-state index in [-0.39, 0.29) is 5.41 Å². The summed E-state index contributed by atoms with van der Waals surface area (Å²) in [6, 6.07) is 59.2.